The predicted octanol–water partition coefficient (Wildman–Crippen LogP) is 2.97. The van der Waals surface area contributed by atoms with Crippen LogP contribution in [0, 0.1) is 0 Å². The highest BCUT2D eigenvalue weighted by Gasteiger charge is 2.19. The first-order chi connectivity index (χ1) is 23.3. The number of nitrogens with zero attached hydrogens (tertiary/aromatic N) is 1. The number of allylic oxidation sites excluding steroid dienone is 1. The van der Waals surface area contributed by atoms with Crippen molar-refractivity contribution in [2.24, 2.45) is 16.5 Å². The number of amides is 4. The summed E-state index contributed by atoms with van der Waals surface area (Å²) in [5.74, 6) is -0.911. The van der Waals surface area contributed by atoms with Crippen molar-refractivity contribution in [2.45, 2.75) is 70.4 Å². The third-order valence-electron chi connectivity index (χ3n) is 6.86. The van der Waals surface area contributed by atoms with Crippen LogP contribution in [-0.2, 0) is 37.0 Å². The van der Waals surface area contributed by atoms with E-state index in [4.69, 9.17) is 25.7 Å². The number of rotatable bonds is 22. The van der Waals surface area contributed by atoms with Crippen LogP contribution in [0.15, 0.2) is 77.8 Å². The second kappa shape index (κ2) is 24.1. The molecule has 14 nitrogen and oxygen atoms in total. The lowest BCUT2D eigenvalue weighted by molar-refractivity contribution is -0.137. The highest BCUT2D eigenvalue weighted by molar-refractivity contribution is 5.92. The summed E-state index contributed by atoms with van der Waals surface area (Å²) in [7, 11) is 1.32. The van der Waals surface area contributed by atoms with Gasteiger partial charge in [0.15, 0.2) is 5.96 Å². The second-order valence-electron chi connectivity index (χ2n) is 10.8. The molecular formula is C34H49N7O7. The molecular weight excluding hydrogens is 618 g/mol. The van der Waals surface area contributed by atoms with E-state index in [9.17, 15) is 19.2 Å². The SMILES string of the molecule is COC(NC(=O)C=CCCCCN=C(N)N)C(=O)NCCCC(CCCNC(=O)OCc1ccccc1)NC(=O)OCc1ccccc1. The Morgan fingerprint density at radius 1 is 0.771 bits per heavy atom. The lowest BCUT2D eigenvalue weighted by Crippen LogP contribution is -2.47. The Balaban J connectivity index is 1.75. The number of unbranched alkanes of at least 4 members (excludes halogenated alkanes) is 2. The van der Waals surface area contributed by atoms with Crippen molar-refractivity contribution >= 4 is 30.0 Å². The molecule has 0 spiro atoms. The number of carbonyl (C=O) groups is 4. The highest BCUT2D eigenvalue weighted by atomic mass is 16.6. The molecule has 48 heavy (non-hydrogen) atoms. The molecule has 0 aromatic heterocycles. The van der Waals surface area contributed by atoms with E-state index < -0.39 is 30.2 Å². The van der Waals surface area contributed by atoms with Crippen molar-refractivity contribution < 1.29 is 33.4 Å². The van der Waals surface area contributed by atoms with Crippen molar-refractivity contribution in [3.8, 4) is 0 Å². The Morgan fingerprint density at radius 2 is 1.35 bits per heavy atom. The van der Waals surface area contributed by atoms with Crippen LogP contribution in [0.25, 0.3) is 0 Å². The number of methoxy groups -OCH3 is 1. The van der Waals surface area contributed by atoms with Crippen LogP contribution >= 0.6 is 0 Å². The Morgan fingerprint density at radius 3 is 1.94 bits per heavy atom. The number of hydrogen-bond acceptors (Lipinski definition) is 8. The molecule has 0 aliphatic rings. The monoisotopic (exact) mass is 667 g/mol. The largest absolute Gasteiger partial charge is 0.445 e. The van der Waals surface area contributed by atoms with E-state index in [0.29, 0.717) is 45.2 Å². The van der Waals surface area contributed by atoms with Crippen molar-refractivity contribution in [2.75, 3.05) is 26.7 Å². The van der Waals surface area contributed by atoms with E-state index >= 15 is 0 Å². The molecule has 4 amide bonds. The Labute approximate surface area is 282 Å². The minimum atomic E-state index is -1.17. The molecule has 2 aromatic carbocycles. The molecule has 2 atom stereocenters. The van der Waals surface area contributed by atoms with Gasteiger partial charge in [0.1, 0.15) is 13.2 Å². The molecule has 14 heteroatoms. The lowest BCUT2D eigenvalue weighted by atomic mass is 10.1. The van der Waals surface area contributed by atoms with Crippen LogP contribution in [-0.4, -0.2) is 69.0 Å². The zero-order valence-electron chi connectivity index (χ0n) is 27.5. The summed E-state index contributed by atoms with van der Waals surface area (Å²) in [6.07, 6.45) is 5.19. The molecule has 0 bridgehead atoms. The van der Waals surface area contributed by atoms with Gasteiger partial charge in [0.2, 0.25) is 12.1 Å². The molecule has 8 N–H and O–H groups in total. The van der Waals surface area contributed by atoms with E-state index in [-0.39, 0.29) is 31.8 Å². The summed E-state index contributed by atoms with van der Waals surface area (Å²) in [6, 6.07) is 18.4. The van der Waals surface area contributed by atoms with E-state index in [1.165, 1.54) is 13.2 Å². The quantitative estimate of drug-likeness (QED) is 0.0358. The standard InChI is InChI=1S/C34H49N7O7/c1-46-31(41-29(42)20-10-2-3-11-21-38-32(35)36)30(43)37-22-12-18-28(40-34(45)48-25-27-16-8-5-9-17-27)19-13-23-39-33(44)47-24-26-14-6-4-7-15-26/h4-10,14-17,20,28,31H,2-3,11-13,18-19,21-25H2,1H3,(H,37,43)(H,39,44)(H,40,45)(H,41,42)(H4,35,36,38). The van der Waals surface area contributed by atoms with Crippen LogP contribution in [0.1, 0.15) is 56.1 Å². The van der Waals surface area contributed by atoms with Gasteiger partial charge < -0.3 is 46.9 Å². The van der Waals surface area contributed by atoms with E-state index in [2.05, 4.69) is 26.3 Å². The van der Waals surface area contributed by atoms with Gasteiger partial charge in [-0.2, -0.15) is 0 Å². The van der Waals surface area contributed by atoms with Gasteiger partial charge in [-0.25, -0.2) is 9.59 Å². The first-order valence-electron chi connectivity index (χ1n) is 16.0. The molecule has 0 saturated carbocycles. The maximum atomic E-state index is 12.6. The van der Waals surface area contributed by atoms with E-state index in [1.54, 1.807) is 6.08 Å². The molecule has 0 fully saturated rings. The number of benzene rings is 2. The van der Waals surface area contributed by atoms with Crippen LogP contribution in [0.5, 0.6) is 0 Å². The Bertz CT molecular complexity index is 1290. The molecule has 2 rings (SSSR count). The van der Waals surface area contributed by atoms with Gasteiger partial charge in [-0.05, 0) is 62.1 Å². The van der Waals surface area contributed by atoms with Crippen LogP contribution in [0.3, 0.4) is 0 Å². The number of carbonyl (C=O) groups excluding carboxylic acids is 4. The molecule has 0 aliphatic carbocycles. The number of alkyl carbamates (subject to hydrolysis) is 2. The fraction of sp³-hybridized carbons (Fsp3) is 0.441. The van der Waals surface area contributed by atoms with E-state index in [0.717, 1.165) is 24.0 Å². The third kappa shape index (κ3) is 18.8. The molecule has 2 unspecified atom stereocenters. The van der Waals surface area contributed by atoms with Crippen LogP contribution < -0.4 is 32.7 Å². The van der Waals surface area contributed by atoms with Crippen LogP contribution in [0.4, 0.5) is 9.59 Å². The zero-order chi connectivity index (χ0) is 34.8. The number of hydrogen-bond donors (Lipinski definition) is 6. The number of guanidine groups is 1. The Kier molecular flexibility index (Phi) is 19.6. The summed E-state index contributed by atoms with van der Waals surface area (Å²) in [6.45, 7) is 1.45. The van der Waals surface area contributed by atoms with Gasteiger partial charge in [0, 0.05) is 32.8 Å². The van der Waals surface area contributed by atoms with E-state index in [1.807, 2.05) is 60.7 Å². The molecule has 0 heterocycles. The predicted molar refractivity (Wildman–Crippen MR) is 182 cm³/mol. The van der Waals surface area contributed by atoms with Gasteiger partial charge in [0.25, 0.3) is 5.91 Å². The summed E-state index contributed by atoms with van der Waals surface area (Å²) in [5.41, 5.74) is 12.3. The van der Waals surface area contributed by atoms with Gasteiger partial charge >= 0.3 is 12.2 Å². The molecule has 0 radical (unpaired) electrons. The zero-order valence-corrected chi connectivity index (χ0v) is 27.5. The van der Waals surface area contributed by atoms with Gasteiger partial charge in [-0.15, -0.1) is 0 Å². The normalized spacial score (nSPS) is 11.9. The van der Waals surface area contributed by atoms with Crippen LogP contribution in [0.2, 0.25) is 0 Å². The minimum Gasteiger partial charge on any atom is -0.445 e. The van der Waals surface area contributed by atoms with Crippen molar-refractivity contribution in [1.82, 2.24) is 21.3 Å². The fourth-order valence-electron chi connectivity index (χ4n) is 4.37. The number of ether oxygens (including phenoxy) is 3. The maximum absolute atomic E-state index is 12.6. The third-order valence-corrected chi connectivity index (χ3v) is 6.86. The minimum absolute atomic E-state index is 0.0490. The van der Waals surface area contributed by atoms with Gasteiger partial charge in [0.05, 0.1) is 0 Å². The number of nitrogens with two attached hydrogens (primary N) is 2. The Hall–Kier alpha value is -5.11. The molecule has 0 aliphatic heterocycles. The number of nitrogens with one attached hydrogen (secondary N) is 4. The average molecular weight is 668 g/mol. The summed E-state index contributed by atoms with van der Waals surface area (Å²) in [5, 5.41) is 10.9. The van der Waals surface area contributed by atoms with Gasteiger partial charge in [-0.3, -0.25) is 14.6 Å². The smallest absolute Gasteiger partial charge is 0.407 e. The fourth-order valence-corrected chi connectivity index (χ4v) is 4.37. The second-order valence-corrected chi connectivity index (χ2v) is 10.8. The average Bonchev–Trinajstić information content (AvgIpc) is 3.09. The topological polar surface area (TPSA) is 208 Å². The first-order valence-corrected chi connectivity index (χ1v) is 16.0. The maximum Gasteiger partial charge on any atom is 0.407 e. The summed E-state index contributed by atoms with van der Waals surface area (Å²) in [4.78, 5) is 53.4. The number of aliphatic imine (C=N–C) groups is 1. The molecule has 0 saturated heterocycles. The lowest BCUT2D eigenvalue weighted by Gasteiger charge is -2.20. The highest BCUT2D eigenvalue weighted by Crippen LogP contribution is 2.08. The summed E-state index contributed by atoms with van der Waals surface area (Å²) < 4.78 is 15.8. The van der Waals surface area contributed by atoms with Crippen molar-refractivity contribution in [3.63, 3.8) is 0 Å². The molecule has 262 valence electrons. The first kappa shape index (κ1) is 39.1. The van der Waals surface area contributed by atoms with Crippen molar-refractivity contribution in [3.05, 3.63) is 83.9 Å². The summed E-state index contributed by atoms with van der Waals surface area (Å²) >= 11 is 0. The molecule has 2 aromatic rings. The van der Waals surface area contributed by atoms with Gasteiger partial charge in [-0.1, -0.05) is 66.7 Å². The van der Waals surface area contributed by atoms with Crippen molar-refractivity contribution in [1.29, 1.82) is 0 Å².